The van der Waals surface area contributed by atoms with Crippen LogP contribution in [-0.2, 0) is 5.41 Å². The number of aromatic nitrogens is 1. The van der Waals surface area contributed by atoms with Gasteiger partial charge in [0.2, 0.25) is 0 Å². The van der Waals surface area contributed by atoms with Crippen molar-refractivity contribution in [1.82, 2.24) is 4.57 Å². The molecular formula is C41H30N3+. The summed E-state index contributed by atoms with van der Waals surface area (Å²) in [7, 11) is 0. The second-order valence-corrected chi connectivity index (χ2v) is 12.2. The zero-order chi connectivity index (χ0) is 29.4. The number of rotatable bonds is 4. The summed E-state index contributed by atoms with van der Waals surface area (Å²) >= 11 is 0. The molecule has 0 unspecified atom stereocenters. The lowest BCUT2D eigenvalue weighted by Gasteiger charge is -2.21. The van der Waals surface area contributed by atoms with Gasteiger partial charge in [0, 0.05) is 21.9 Å². The van der Waals surface area contributed by atoms with Crippen molar-refractivity contribution in [2.24, 2.45) is 4.99 Å². The standard InChI is InChI=1S/C41H30N3/c1-41(2)33-19-11-9-17-31(33)37-34(41)25-26-36-38(37)32-18-10-12-20-35(32)43(36)29-21-23-30(24-22-29)44-39(27-13-5-3-6-14-27)42-40(44)28-15-7-4-8-16-28/h3-26H,1-2H3/q+1. The van der Waals surface area contributed by atoms with Crippen molar-refractivity contribution in [2.75, 3.05) is 0 Å². The van der Waals surface area contributed by atoms with Crippen LogP contribution in [0.3, 0.4) is 0 Å². The summed E-state index contributed by atoms with van der Waals surface area (Å²) in [5.41, 5.74) is 12.4. The van der Waals surface area contributed by atoms with Gasteiger partial charge in [0.05, 0.1) is 22.2 Å². The molecule has 0 radical (unpaired) electrons. The Balaban J connectivity index is 1.22. The normalized spacial score (nSPS) is 14.8. The third-order valence-corrected chi connectivity index (χ3v) is 9.45. The van der Waals surface area contributed by atoms with Gasteiger partial charge in [-0.15, -0.1) is 0 Å². The monoisotopic (exact) mass is 564 g/mol. The largest absolute Gasteiger partial charge is 0.309 e. The van der Waals surface area contributed by atoms with E-state index in [4.69, 9.17) is 4.99 Å². The van der Waals surface area contributed by atoms with Gasteiger partial charge in [-0.2, -0.15) is 4.58 Å². The Kier molecular flexibility index (Phi) is 5.24. The van der Waals surface area contributed by atoms with Crippen LogP contribution in [0.15, 0.2) is 151 Å². The van der Waals surface area contributed by atoms with Crippen molar-refractivity contribution < 1.29 is 4.58 Å². The molecule has 1 aliphatic heterocycles. The van der Waals surface area contributed by atoms with E-state index in [1.165, 1.54) is 44.1 Å². The highest BCUT2D eigenvalue weighted by Crippen LogP contribution is 2.53. The Morgan fingerprint density at radius 2 is 1.23 bits per heavy atom. The lowest BCUT2D eigenvalue weighted by molar-refractivity contribution is -0.319. The molecule has 0 saturated carbocycles. The van der Waals surface area contributed by atoms with Crippen LogP contribution in [0, 0.1) is 0 Å². The maximum atomic E-state index is 4.99. The van der Waals surface area contributed by atoms with Crippen LogP contribution >= 0.6 is 0 Å². The van der Waals surface area contributed by atoms with Gasteiger partial charge in [-0.25, -0.2) is 0 Å². The van der Waals surface area contributed by atoms with Crippen LogP contribution in [0.4, 0.5) is 5.69 Å². The van der Waals surface area contributed by atoms with E-state index in [0.29, 0.717) is 0 Å². The molecule has 0 N–H and O–H groups in total. The Morgan fingerprint density at radius 1 is 0.568 bits per heavy atom. The minimum absolute atomic E-state index is 0.0346. The lowest BCUT2D eigenvalue weighted by atomic mass is 9.82. The SMILES string of the molecule is CC1(C)c2ccccc2-c2c1ccc1c2c2ccccc2n1-c1ccc([N+]2=C(c3ccccc3)N=C2c2ccccc2)cc1. The summed E-state index contributed by atoms with van der Waals surface area (Å²) < 4.78 is 4.69. The van der Waals surface area contributed by atoms with E-state index in [-0.39, 0.29) is 5.41 Å². The van der Waals surface area contributed by atoms with Gasteiger partial charge in [-0.05, 0) is 82.9 Å². The van der Waals surface area contributed by atoms with Crippen molar-refractivity contribution in [3.8, 4) is 16.8 Å². The summed E-state index contributed by atoms with van der Waals surface area (Å²) in [6.45, 7) is 4.70. The molecule has 1 aliphatic carbocycles. The fraction of sp³-hybridized carbons (Fsp3) is 0.0732. The summed E-state index contributed by atoms with van der Waals surface area (Å²) in [6.07, 6.45) is 0. The lowest BCUT2D eigenvalue weighted by Crippen LogP contribution is -2.34. The minimum Gasteiger partial charge on any atom is -0.309 e. The van der Waals surface area contributed by atoms with E-state index in [2.05, 4.69) is 156 Å². The van der Waals surface area contributed by atoms with E-state index in [1.54, 1.807) is 0 Å². The fourth-order valence-corrected chi connectivity index (χ4v) is 7.34. The number of hydrogen-bond acceptors (Lipinski definition) is 1. The molecule has 0 saturated heterocycles. The van der Waals surface area contributed by atoms with E-state index in [0.717, 1.165) is 34.2 Å². The van der Waals surface area contributed by atoms with Gasteiger partial charge in [-0.1, -0.05) is 104 Å². The van der Waals surface area contributed by atoms with Crippen LogP contribution in [0.1, 0.15) is 36.1 Å². The zero-order valence-electron chi connectivity index (χ0n) is 24.7. The molecule has 0 amide bonds. The molecule has 1 aromatic heterocycles. The number of benzene rings is 6. The number of aliphatic imine (C=N–C) groups is 1. The number of fused-ring (bicyclic) bond motifs is 7. The average Bonchev–Trinajstić information content (AvgIpc) is 3.51. The van der Waals surface area contributed by atoms with Crippen LogP contribution in [0.2, 0.25) is 0 Å². The van der Waals surface area contributed by atoms with E-state index >= 15 is 0 Å². The highest BCUT2D eigenvalue weighted by Gasteiger charge is 2.37. The summed E-state index contributed by atoms with van der Waals surface area (Å²) in [5, 5.41) is 2.62. The Bertz CT molecular complexity index is 2320. The molecule has 6 aromatic carbocycles. The number of para-hydroxylation sites is 1. The Labute approximate surface area is 256 Å². The molecule has 9 rings (SSSR count). The average molecular weight is 565 g/mol. The van der Waals surface area contributed by atoms with E-state index in [9.17, 15) is 0 Å². The summed E-state index contributed by atoms with van der Waals surface area (Å²) in [6, 6.07) is 52.2. The van der Waals surface area contributed by atoms with Crippen molar-refractivity contribution in [3.63, 3.8) is 0 Å². The van der Waals surface area contributed by atoms with Gasteiger partial charge >= 0.3 is 0 Å². The van der Waals surface area contributed by atoms with Gasteiger partial charge in [-0.3, -0.25) is 0 Å². The second kappa shape index (κ2) is 9.23. The van der Waals surface area contributed by atoms with E-state index < -0.39 is 0 Å². The summed E-state index contributed by atoms with van der Waals surface area (Å²) in [4.78, 5) is 4.99. The van der Waals surface area contributed by atoms with Gasteiger partial charge < -0.3 is 4.57 Å². The molecule has 3 heteroatoms. The molecule has 2 heterocycles. The smallest absolute Gasteiger partial charge is 0.279 e. The molecule has 2 aliphatic rings. The Morgan fingerprint density at radius 3 is 2.00 bits per heavy atom. The maximum absolute atomic E-state index is 4.99. The quantitative estimate of drug-likeness (QED) is 0.190. The molecular weight excluding hydrogens is 534 g/mol. The number of hydrogen-bond donors (Lipinski definition) is 0. The zero-order valence-corrected chi connectivity index (χ0v) is 24.7. The molecule has 0 fully saturated rings. The van der Waals surface area contributed by atoms with Crippen molar-refractivity contribution in [2.45, 2.75) is 19.3 Å². The molecule has 44 heavy (non-hydrogen) atoms. The molecule has 0 atom stereocenters. The second-order valence-electron chi connectivity index (χ2n) is 12.2. The van der Waals surface area contributed by atoms with Crippen LogP contribution < -0.4 is 0 Å². The fourth-order valence-electron chi connectivity index (χ4n) is 7.34. The topological polar surface area (TPSA) is 20.3 Å². The number of nitrogens with zero attached hydrogens (tertiary/aromatic N) is 3. The van der Waals surface area contributed by atoms with Crippen LogP contribution in [0.5, 0.6) is 0 Å². The molecule has 7 aromatic rings. The van der Waals surface area contributed by atoms with Gasteiger partial charge in [0.15, 0.2) is 0 Å². The third kappa shape index (κ3) is 3.44. The third-order valence-electron chi connectivity index (χ3n) is 9.45. The number of amidine groups is 2. The van der Waals surface area contributed by atoms with Crippen molar-refractivity contribution in [3.05, 3.63) is 168 Å². The predicted molar refractivity (Wildman–Crippen MR) is 182 cm³/mol. The van der Waals surface area contributed by atoms with Crippen LogP contribution in [-0.4, -0.2) is 20.8 Å². The first-order valence-corrected chi connectivity index (χ1v) is 15.2. The minimum atomic E-state index is -0.0346. The predicted octanol–water partition coefficient (Wildman–Crippen LogP) is 9.64. The molecule has 0 bridgehead atoms. The van der Waals surface area contributed by atoms with Crippen LogP contribution in [0.25, 0.3) is 38.6 Å². The first-order valence-electron chi connectivity index (χ1n) is 15.2. The first kappa shape index (κ1) is 25.0. The maximum Gasteiger partial charge on any atom is 0.279 e. The highest BCUT2D eigenvalue weighted by molar-refractivity contribution is 6.18. The Hall–Kier alpha value is -5.54. The highest BCUT2D eigenvalue weighted by atomic mass is 15.2. The van der Waals surface area contributed by atoms with Crippen molar-refractivity contribution >= 4 is 39.2 Å². The van der Waals surface area contributed by atoms with E-state index in [1.807, 2.05) is 12.1 Å². The summed E-state index contributed by atoms with van der Waals surface area (Å²) in [5.74, 6) is 1.93. The molecule has 3 nitrogen and oxygen atoms in total. The van der Waals surface area contributed by atoms with Crippen molar-refractivity contribution in [1.29, 1.82) is 0 Å². The first-order chi connectivity index (χ1) is 21.6. The molecule has 208 valence electrons. The van der Waals surface area contributed by atoms with Gasteiger partial charge in [0.25, 0.3) is 11.7 Å². The molecule has 0 spiro atoms. The van der Waals surface area contributed by atoms with Gasteiger partial charge in [0.1, 0.15) is 5.69 Å².